The first-order chi connectivity index (χ1) is 14.9. The summed E-state index contributed by atoms with van der Waals surface area (Å²) in [7, 11) is 1.31. The summed E-state index contributed by atoms with van der Waals surface area (Å²) >= 11 is 0. The summed E-state index contributed by atoms with van der Waals surface area (Å²) in [6.45, 7) is -0.0361. The van der Waals surface area contributed by atoms with Crippen molar-refractivity contribution in [2.45, 2.75) is 12.6 Å². The number of aromatic hydroxyl groups is 1. The molecule has 1 atom stereocenters. The number of ketones is 1. The predicted octanol–water partition coefficient (Wildman–Crippen LogP) is 3.75. The third-order valence-electron chi connectivity index (χ3n) is 5.06. The first-order valence-corrected chi connectivity index (χ1v) is 9.34. The lowest BCUT2D eigenvalue weighted by Crippen LogP contribution is -2.29. The van der Waals surface area contributed by atoms with Crippen LogP contribution in [0.3, 0.4) is 0 Å². The zero-order valence-corrected chi connectivity index (χ0v) is 16.4. The van der Waals surface area contributed by atoms with Gasteiger partial charge in [0.05, 0.1) is 31.5 Å². The Morgan fingerprint density at radius 2 is 1.97 bits per heavy atom. The number of nitrogens with zero attached hydrogens (tertiary/aromatic N) is 1. The van der Waals surface area contributed by atoms with Gasteiger partial charge in [-0.3, -0.25) is 9.59 Å². The molecular weight excluding hydrogens is 405 g/mol. The van der Waals surface area contributed by atoms with Gasteiger partial charge in [0.1, 0.15) is 17.3 Å². The number of phenolic OH excluding ortho intramolecular Hbond substituents is 1. The monoisotopic (exact) mass is 423 g/mol. The number of hydrogen-bond acceptors (Lipinski definition) is 6. The van der Waals surface area contributed by atoms with E-state index in [0.717, 1.165) is 6.07 Å². The van der Waals surface area contributed by atoms with Gasteiger partial charge in [-0.1, -0.05) is 12.1 Å². The molecule has 0 saturated carbocycles. The van der Waals surface area contributed by atoms with E-state index in [1.54, 1.807) is 24.3 Å². The van der Waals surface area contributed by atoms with Crippen LogP contribution in [-0.4, -0.2) is 33.9 Å². The second-order valence-corrected chi connectivity index (χ2v) is 6.95. The Hall–Kier alpha value is -4.07. The Morgan fingerprint density at radius 1 is 1.16 bits per heavy atom. The number of rotatable bonds is 5. The van der Waals surface area contributed by atoms with Gasteiger partial charge in [0.2, 0.25) is 0 Å². The number of carbonyl (C=O) groups excluding carboxylic acids is 2. The summed E-state index contributed by atoms with van der Waals surface area (Å²) < 4.78 is 24.4. The number of methoxy groups -OCH3 is 1. The topological polar surface area (TPSA) is 100 Å². The molecule has 1 fully saturated rings. The van der Waals surface area contributed by atoms with Crippen LogP contribution in [0.2, 0.25) is 0 Å². The molecule has 7 nitrogen and oxygen atoms in total. The van der Waals surface area contributed by atoms with Crippen molar-refractivity contribution in [1.29, 1.82) is 0 Å². The van der Waals surface area contributed by atoms with Crippen LogP contribution in [0.1, 0.15) is 22.9 Å². The SMILES string of the molecule is COc1ccc(/C(O)=C2\C(=O)C(=O)N(Cc3ccco3)C2c2cccc(O)c2)cc1F. The maximum Gasteiger partial charge on any atom is 0.296 e. The Labute approximate surface area is 176 Å². The molecule has 2 heterocycles. The van der Waals surface area contributed by atoms with Crippen LogP contribution in [-0.2, 0) is 16.1 Å². The number of furan rings is 1. The molecule has 0 spiro atoms. The summed E-state index contributed by atoms with van der Waals surface area (Å²) in [6.07, 6.45) is 1.44. The minimum absolute atomic E-state index is 0.0134. The van der Waals surface area contributed by atoms with E-state index in [1.165, 1.54) is 42.5 Å². The van der Waals surface area contributed by atoms with Gasteiger partial charge in [-0.25, -0.2) is 4.39 Å². The molecule has 1 aromatic heterocycles. The van der Waals surface area contributed by atoms with E-state index in [1.807, 2.05) is 0 Å². The number of aliphatic hydroxyl groups excluding tert-OH is 1. The standard InChI is InChI=1S/C23H18FNO6/c1-30-18-8-7-14(11-17(18)24)21(27)19-20(13-4-2-5-15(26)10-13)25(23(29)22(19)28)12-16-6-3-9-31-16/h2-11,20,26-27H,12H2,1H3/b21-19+. The molecule has 8 heteroatoms. The molecule has 3 aromatic rings. The Morgan fingerprint density at radius 3 is 2.61 bits per heavy atom. The normalized spacial score (nSPS) is 17.9. The summed E-state index contributed by atoms with van der Waals surface area (Å²) in [4.78, 5) is 27.0. The highest BCUT2D eigenvalue weighted by molar-refractivity contribution is 6.46. The fourth-order valence-corrected chi connectivity index (χ4v) is 3.62. The molecule has 1 saturated heterocycles. The summed E-state index contributed by atoms with van der Waals surface area (Å²) in [6, 6.07) is 12.0. The smallest absolute Gasteiger partial charge is 0.296 e. The Kier molecular flexibility index (Phi) is 5.21. The quantitative estimate of drug-likeness (QED) is 0.368. The average Bonchev–Trinajstić information content (AvgIpc) is 3.35. The molecule has 0 radical (unpaired) electrons. The molecule has 0 bridgehead atoms. The number of aliphatic hydroxyl groups is 1. The van der Waals surface area contributed by atoms with Crippen molar-refractivity contribution in [3.63, 3.8) is 0 Å². The number of Topliss-reactive ketones (excluding diaryl/α,β-unsaturated/α-hetero) is 1. The van der Waals surface area contributed by atoms with E-state index >= 15 is 0 Å². The molecule has 2 aromatic carbocycles. The highest BCUT2D eigenvalue weighted by atomic mass is 19.1. The van der Waals surface area contributed by atoms with Crippen molar-refractivity contribution in [2.75, 3.05) is 7.11 Å². The molecule has 31 heavy (non-hydrogen) atoms. The van der Waals surface area contributed by atoms with Gasteiger partial charge in [-0.05, 0) is 48.0 Å². The maximum absolute atomic E-state index is 14.2. The van der Waals surface area contributed by atoms with Crippen LogP contribution in [0.4, 0.5) is 4.39 Å². The molecule has 1 aliphatic heterocycles. The zero-order valence-electron chi connectivity index (χ0n) is 16.4. The number of carbonyl (C=O) groups is 2. The van der Waals surface area contributed by atoms with Crippen LogP contribution >= 0.6 is 0 Å². The van der Waals surface area contributed by atoms with Crippen molar-refractivity contribution >= 4 is 17.4 Å². The number of ether oxygens (including phenoxy) is 1. The summed E-state index contributed by atoms with van der Waals surface area (Å²) in [5, 5.41) is 20.9. The van der Waals surface area contributed by atoms with E-state index in [4.69, 9.17) is 9.15 Å². The third kappa shape index (κ3) is 3.63. The lowest BCUT2D eigenvalue weighted by atomic mass is 9.95. The van der Waals surface area contributed by atoms with Crippen molar-refractivity contribution in [3.05, 3.63) is 89.1 Å². The molecule has 1 amide bonds. The van der Waals surface area contributed by atoms with Crippen LogP contribution in [0.25, 0.3) is 5.76 Å². The first-order valence-electron chi connectivity index (χ1n) is 9.34. The Balaban J connectivity index is 1.87. The van der Waals surface area contributed by atoms with Gasteiger partial charge in [-0.15, -0.1) is 0 Å². The largest absolute Gasteiger partial charge is 0.508 e. The van der Waals surface area contributed by atoms with Gasteiger partial charge >= 0.3 is 0 Å². The van der Waals surface area contributed by atoms with E-state index < -0.39 is 29.3 Å². The number of benzene rings is 2. The second kappa shape index (κ2) is 7.98. The van der Waals surface area contributed by atoms with E-state index in [-0.39, 0.29) is 29.2 Å². The minimum Gasteiger partial charge on any atom is -0.508 e. The molecule has 1 aliphatic rings. The maximum atomic E-state index is 14.2. The molecule has 158 valence electrons. The number of amides is 1. The second-order valence-electron chi connectivity index (χ2n) is 6.95. The molecule has 4 rings (SSSR count). The Bertz CT molecular complexity index is 1180. The molecular formula is C23H18FNO6. The zero-order chi connectivity index (χ0) is 22.1. The van der Waals surface area contributed by atoms with Crippen molar-refractivity contribution < 1.29 is 33.3 Å². The average molecular weight is 423 g/mol. The first kappa shape index (κ1) is 20.2. The summed E-state index contributed by atoms with van der Waals surface area (Å²) in [5.41, 5.74) is 0.201. The van der Waals surface area contributed by atoms with Crippen LogP contribution in [0.15, 0.2) is 70.9 Å². The number of halogens is 1. The van der Waals surface area contributed by atoms with E-state index in [0.29, 0.717) is 11.3 Å². The van der Waals surface area contributed by atoms with Crippen LogP contribution < -0.4 is 4.74 Å². The lowest BCUT2D eigenvalue weighted by molar-refractivity contribution is -0.140. The molecule has 1 unspecified atom stereocenters. The van der Waals surface area contributed by atoms with Gasteiger partial charge in [-0.2, -0.15) is 0 Å². The highest BCUT2D eigenvalue weighted by Gasteiger charge is 2.46. The van der Waals surface area contributed by atoms with Crippen LogP contribution in [0.5, 0.6) is 11.5 Å². The van der Waals surface area contributed by atoms with Gasteiger partial charge in [0.15, 0.2) is 11.6 Å². The highest BCUT2D eigenvalue weighted by Crippen LogP contribution is 2.41. The van der Waals surface area contributed by atoms with Crippen molar-refractivity contribution in [1.82, 2.24) is 4.90 Å². The van der Waals surface area contributed by atoms with Crippen molar-refractivity contribution in [3.8, 4) is 11.5 Å². The van der Waals surface area contributed by atoms with E-state index in [9.17, 15) is 24.2 Å². The van der Waals surface area contributed by atoms with Crippen molar-refractivity contribution in [2.24, 2.45) is 0 Å². The fourth-order valence-electron chi connectivity index (χ4n) is 3.62. The molecule has 2 N–H and O–H groups in total. The third-order valence-corrected chi connectivity index (χ3v) is 5.06. The minimum atomic E-state index is -1.01. The number of hydrogen-bond donors (Lipinski definition) is 2. The predicted molar refractivity (Wildman–Crippen MR) is 108 cm³/mol. The van der Waals surface area contributed by atoms with E-state index in [2.05, 4.69) is 0 Å². The van der Waals surface area contributed by atoms with Crippen LogP contribution in [0, 0.1) is 5.82 Å². The van der Waals surface area contributed by atoms with Gasteiger partial charge in [0.25, 0.3) is 11.7 Å². The summed E-state index contributed by atoms with van der Waals surface area (Å²) in [5.74, 6) is -2.70. The fraction of sp³-hybridized carbons (Fsp3) is 0.130. The lowest BCUT2D eigenvalue weighted by Gasteiger charge is -2.24. The number of likely N-dealkylation sites (tertiary alicyclic amines) is 1. The van der Waals surface area contributed by atoms with Gasteiger partial charge in [0, 0.05) is 5.56 Å². The number of phenols is 1. The molecule has 0 aliphatic carbocycles. The van der Waals surface area contributed by atoms with Gasteiger partial charge < -0.3 is 24.3 Å².